The number of nitrogens with zero attached hydrogens (tertiary/aromatic N) is 4. The molecule has 1 atom stereocenters. The van der Waals surface area contributed by atoms with Crippen molar-refractivity contribution in [1.29, 1.82) is 0 Å². The van der Waals surface area contributed by atoms with Crippen LogP contribution in [-0.4, -0.2) is 44.9 Å². The molecule has 4 aromatic rings. The molecule has 4 rings (SSSR count). The molecule has 0 amide bonds. The lowest BCUT2D eigenvalue weighted by molar-refractivity contribution is -0.116. The number of pyridine rings is 1. The summed E-state index contributed by atoms with van der Waals surface area (Å²) in [6.07, 6.45) is 3.60. The number of Topliss-reactive ketones (excluding diaryl/α,β-unsaturated/α-hetero) is 1. The van der Waals surface area contributed by atoms with Gasteiger partial charge in [0.15, 0.2) is 5.82 Å². The molecule has 0 aliphatic heterocycles. The lowest BCUT2D eigenvalue weighted by Gasteiger charge is -2.25. The number of halogens is 1. The van der Waals surface area contributed by atoms with Crippen molar-refractivity contribution in [2.45, 2.75) is 19.4 Å². The zero-order chi connectivity index (χ0) is 22.0. The number of carbonyl (C=O) groups is 1. The van der Waals surface area contributed by atoms with Crippen LogP contribution in [0, 0.1) is 0 Å². The lowest BCUT2D eigenvalue weighted by Crippen LogP contribution is -2.21. The number of nitrogens with one attached hydrogen (secondary N) is 1. The molecule has 158 valence electrons. The fourth-order valence-electron chi connectivity index (χ4n) is 3.63. The Morgan fingerprint density at radius 1 is 1.16 bits per heavy atom. The monoisotopic (exact) mass is 451 g/mol. The van der Waals surface area contributed by atoms with E-state index in [1.54, 1.807) is 24.5 Å². The molecule has 0 saturated heterocycles. The summed E-state index contributed by atoms with van der Waals surface area (Å²) in [7, 11) is 4.11. The minimum Gasteiger partial charge on any atom is -0.300 e. The van der Waals surface area contributed by atoms with E-state index in [1.807, 2.05) is 36.4 Å². The molecule has 6 nitrogen and oxygen atoms in total. The van der Waals surface area contributed by atoms with E-state index in [0.717, 1.165) is 38.0 Å². The fourth-order valence-corrected chi connectivity index (χ4v) is 4.89. The van der Waals surface area contributed by atoms with Gasteiger partial charge < -0.3 is 0 Å². The molecule has 0 aliphatic rings. The molecule has 1 aromatic carbocycles. The topological polar surface area (TPSA) is 74.8 Å². The molecule has 0 fully saturated rings. The Hall–Kier alpha value is -2.87. The highest BCUT2D eigenvalue weighted by Gasteiger charge is 2.25. The number of hydrogen-bond donors (Lipinski definition) is 1. The summed E-state index contributed by atoms with van der Waals surface area (Å²) in [5.41, 5.74) is 4.04. The van der Waals surface area contributed by atoms with Gasteiger partial charge in [0.1, 0.15) is 12.1 Å². The Morgan fingerprint density at radius 3 is 2.58 bits per heavy atom. The second-order valence-electron chi connectivity index (χ2n) is 7.56. The van der Waals surface area contributed by atoms with Crippen LogP contribution in [0.25, 0.3) is 21.1 Å². The van der Waals surface area contributed by atoms with E-state index in [2.05, 4.69) is 45.2 Å². The summed E-state index contributed by atoms with van der Waals surface area (Å²) in [6, 6.07) is 14.1. The third kappa shape index (κ3) is 4.74. The first-order valence-electron chi connectivity index (χ1n) is 9.78. The second kappa shape index (κ2) is 9.09. The van der Waals surface area contributed by atoms with Gasteiger partial charge in [-0.05, 0) is 68.0 Å². The van der Waals surface area contributed by atoms with Crippen molar-refractivity contribution < 1.29 is 4.79 Å². The Labute approximate surface area is 189 Å². The number of benzene rings is 1. The molecule has 0 radical (unpaired) electrons. The van der Waals surface area contributed by atoms with E-state index in [9.17, 15) is 4.79 Å². The van der Waals surface area contributed by atoms with Crippen LogP contribution in [0.1, 0.15) is 29.8 Å². The number of aromatic amines is 1. The Bertz CT molecular complexity index is 1190. The highest BCUT2D eigenvalue weighted by molar-refractivity contribution is 7.19. The number of ketones is 1. The molecular formula is C23H22ClN5OS. The minimum absolute atomic E-state index is 0.000828. The number of aromatic nitrogens is 4. The number of rotatable bonds is 7. The summed E-state index contributed by atoms with van der Waals surface area (Å²) in [5.74, 6) is 0.819. The fraction of sp³-hybridized carbons (Fsp3) is 0.217. The van der Waals surface area contributed by atoms with E-state index in [0.29, 0.717) is 11.4 Å². The summed E-state index contributed by atoms with van der Waals surface area (Å²) >= 11 is 7.77. The molecule has 0 saturated carbocycles. The predicted octanol–water partition coefficient (Wildman–Crippen LogP) is 5.03. The van der Waals surface area contributed by atoms with Crippen LogP contribution >= 0.6 is 22.9 Å². The van der Waals surface area contributed by atoms with Crippen LogP contribution in [0.5, 0.6) is 0 Å². The average molecular weight is 452 g/mol. The largest absolute Gasteiger partial charge is 0.300 e. The van der Waals surface area contributed by atoms with Gasteiger partial charge in [0.05, 0.1) is 10.9 Å². The van der Waals surface area contributed by atoms with Crippen molar-refractivity contribution in [3.63, 3.8) is 0 Å². The van der Waals surface area contributed by atoms with E-state index in [-0.39, 0.29) is 11.8 Å². The van der Waals surface area contributed by atoms with Crippen molar-refractivity contribution in [2.24, 2.45) is 0 Å². The first-order valence-corrected chi connectivity index (χ1v) is 11.0. The third-order valence-electron chi connectivity index (χ3n) is 4.92. The second-order valence-corrected chi connectivity index (χ2v) is 9.05. The average Bonchev–Trinajstić information content (AvgIpc) is 3.39. The quantitative estimate of drug-likeness (QED) is 0.426. The summed E-state index contributed by atoms with van der Waals surface area (Å²) in [6.45, 7) is 1.58. The molecule has 1 unspecified atom stereocenters. The zero-order valence-electron chi connectivity index (χ0n) is 17.5. The van der Waals surface area contributed by atoms with Crippen molar-refractivity contribution >= 4 is 28.7 Å². The first kappa shape index (κ1) is 21.4. The Balaban J connectivity index is 1.85. The SMILES string of the molecule is CC(=O)Cc1cc(-c2cc(C(c3ccc(Cl)cc3)N(C)C)c(-c3ncn[nH]3)s2)ccn1. The van der Waals surface area contributed by atoms with Crippen LogP contribution in [0.15, 0.2) is 55.0 Å². The van der Waals surface area contributed by atoms with E-state index in [4.69, 9.17) is 11.6 Å². The van der Waals surface area contributed by atoms with Gasteiger partial charge in [-0.25, -0.2) is 4.98 Å². The van der Waals surface area contributed by atoms with Crippen LogP contribution in [0.2, 0.25) is 5.02 Å². The van der Waals surface area contributed by atoms with Crippen molar-refractivity contribution in [3.8, 4) is 21.1 Å². The minimum atomic E-state index is 0.000828. The molecule has 31 heavy (non-hydrogen) atoms. The van der Waals surface area contributed by atoms with Gasteiger partial charge in [0.2, 0.25) is 0 Å². The van der Waals surface area contributed by atoms with Gasteiger partial charge in [-0.1, -0.05) is 23.7 Å². The standard InChI is InChI=1S/C23H22ClN5OS/c1-14(30)10-18-11-16(8-9-25-18)20-12-19(22(31-20)23-26-13-27-28-23)21(29(2)3)15-4-6-17(24)7-5-15/h4-9,11-13,21H,10H2,1-3H3,(H,26,27,28). The summed E-state index contributed by atoms with van der Waals surface area (Å²) in [5, 5.41) is 7.76. The maximum atomic E-state index is 11.5. The first-order chi connectivity index (χ1) is 14.9. The molecule has 0 aliphatic carbocycles. The smallest absolute Gasteiger partial charge is 0.165 e. The highest BCUT2D eigenvalue weighted by Crippen LogP contribution is 2.43. The normalized spacial score (nSPS) is 12.3. The van der Waals surface area contributed by atoms with Gasteiger partial charge in [-0.3, -0.25) is 19.8 Å². The van der Waals surface area contributed by atoms with Crippen LogP contribution in [0.4, 0.5) is 0 Å². The van der Waals surface area contributed by atoms with Gasteiger partial charge >= 0.3 is 0 Å². The summed E-state index contributed by atoms with van der Waals surface area (Å²) in [4.78, 5) is 24.6. The molecule has 0 bridgehead atoms. The molecule has 3 heterocycles. The van der Waals surface area contributed by atoms with Gasteiger partial charge in [-0.2, -0.15) is 5.10 Å². The highest BCUT2D eigenvalue weighted by atomic mass is 35.5. The third-order valence-corrected chi connectivity index (χ3v) is 6.38. The van der Waals surface area contributed by atoms with E-state index < -0.39 is 0 Å². The summed E-state index contributed by atoms with van der Waals surface area (Å²) < 4.78 is 0. The van der Waals surface area contributed by atoms with E-state index >= 15 is 0 Å². The zero-order valence-corrected chi connectivity index (χ0v) is 19.0. The predicted molar refractivity (Wildman–Crippen MR) is 124 cm³/mol. The molecule has 0 spiro atoms. The van der Waals surface area contributed by atoms with Crippen LogP contribution in [0.3, 0.4) is 0 Å². The van der Waals surface area contributed by atoms with Gasteiger partial charge in [0, 0.05) is 28.2 Å². The van der Waals surface area contributed by atoms with Crippen LogP contribution in [-0.2, 0) is 11.2 Å². The van der Waals surface area contributed by atoms with E-state index in [1.165, 1.54) is 6.33 Å². The number of H-pyrrole nitrogens is 1. The van der Waals surface area contributed by atoms with Crippen molar-refractivity contribution in [3.05, 3.63) is 76.8 Å². The Kier molecular flexibility index (Phi) is 6.27. The maximum Gasteiger partial charge on any atom is 0.165 e. The molecular weight excluding hydrogens is 430 g/mol. The number of carbonyl (C=O) groups excluding carboxylic acids is 1. The van der Waals surface area contributed by atoms with Crippen LogP contribution < -0.4 is 0 Å². The number of thiophene rings is 1. The lowest BCUT2D eigenvalue weighted by atomic mass is 9.97. The Morgan fingerprint density at radius 2 is 1.94 bits per heavy atom. The maximum absolute atomic E-state index is 11.5. The van der Waals surface area contributed by atoms with Gasteiger partial charge in [-0.15, -0.1) is 11.3 Å². The van der Waals surface area contributed by atoms with Gasteiger partial charge in [0.25, 0.3) is 0 Å². The molecule has 3 aromatic heterocycles. The molecule has 8 heteroatoms. The van der Waals surface area contributed by atoms with Crippen molar-refractivity contribution in [1.82, 2.24) is 25.1 Å². The molecule has 1 N–H and O–H groups in total. The van der Waals surface area contributed by atoms with Crippen molar-refractivity contribution in [2.75, 3.05) is 14.1 Å². The number of hydrogen-bond acceptors (Lipinski definition) is 6.